The molecule has 0 atom stereocenters. The largest absolute Gasteiger partial charge is 0.354 e. The highest BCUT2D eigenvalue weighted by Crippen LogP contribution is 2.31. The highest BCUT2D eigenvalue weighted by atomic mass is 32.2. The second-order valence-corrected chi connectivity index (χ2v) is 5.88. The van der Waals surface area contributed by atoms with Crippen molar-refractivity contribution in [2.75, 3.05) is 17.6 Å². The Morgan fingerprint density at radius 3 is 2.88 bits per heavy atom. The monoisotopic (exact) mass is 253 g/mol. The number of thiophene rings is 1. The van der Waals surface area contributed by atoms with Gasteiger partial charge in [0.05, 0.1) is 0 Å². The molecule has 3 nitrogen and oxygen atoms in total. The molecule has 0 amide bonds. The zero-order valence-electron chi connectivity index (χ0n) is 9.70. The summed E-state index contributed by atoms with van der Waals surface area (Å²) < 4.78 is 0. The lowest BCUT2D eigenvalue weighted by molar-refractivity contribution is 1.06. The first-order valence-electron chi connectivity index (χ1n) is 5.39. The van der Waals surface area contributed by atoms with Crippen molar-refractivity contribution >= 4 is 39.3 Å². The van der Waals surface area contributed by atoms with Crippen molar-refractivity contribution in [3.63, 3.8) is 0 Å². The number of nitrogens with zero attached hydrogens (tertiary/aromatic N) is 2. The molecule has 2 aromatic rings. The number of nitrogens with one attached hydrogen (secondary N) is 1. The molecule has 5 heteroatoms. The molecule has 0 aromatic carbocycles. The van der Waals surface area contributed by atoms with Crippen LogP contribution in [0.1, 0.15) is 18.7 Å². The van der Waals surface area contributed by atoms with E-state index < -0.39 is 0 Å². The molecule has 0 saturated carbocycles. The van der Waals surface area contributed by atoms with Crippen molar-refractivity contribution in [2.45, 2.75) is 25.8 Å². The fourth-order valence-electron chi connectivity index (χ4n) is 1.50. The average Bonchev–Trinajstić information content (AvgIpc) is 2.60. The van der Waals surface area contributed by atoms with Crippen LogP contribution in [-0.2, 0) is 0 Å². The number of rotatable bonds is 4. The molecule has 0 bridgehead atoms. The van der Waals surface area contributed by atoms with Crippen LogP contribution < -0.4 is 5.32 Å². The van der Waals surface area contributed by atoms with Gasteiger partial charge >= 0.3 is 0 Å². The van der Waals surface area contributed by atoms with Crippen LogP contribution in [0.4, 0.5) is 5.95 Å². The number of aryl methyl sites for hydroxylation is 1. The summed E-state index contributed by atoms with van der Waals surface area (Å²) in [6.45, 7) is 7.16. The van der Waals surface area contributed by atoms with Crippen molar-refractivity contribution in [1.29, 1.82) is 0 Å². The molecule has 2 aromatic heterocycles. The summed E-state index contributed by atoms with van der Waals surface area (Å²) in [5.74, 6) is 1.78. The van der Waals surface area contributed by atoms with E-state index in [0.29, 0.717) is 0 Å². The maximum absolute atomic E-state index is 4.54. The summed E-state index contributed by atoms with van der Waals surface area (Å²) in [4.78, 5) is 11.4. The summed E-state index contributed by atoms with van der Waals surface area (Å²) in [5.41, 5.74) is 0. The summed E-state index contributed by atoms with van der Waals surface area (Å²) in [6.07, 6.45) is 0. The van der Waals surface area contributed by atoms with Crippen LogP contribution in [0, 0.1) is 6.92 Å². The minimum Gasteiger partial charge on any atom is -0.354 e. The number of anilines is 1. The smallest absolute Gasteiger partial charge is 0.225 e. The van der Waals surface area contributed by atoms with E-state index in [2.05, 4.69) is 42.1 Å². The third-order valence-electron chi connectivity index (χ3n) is 2.10. The van der Waals surface area contributed by atoms with Gasteiger partial charge in [-0.05, 0) is 25.7 Å². The van der Waals surface area contributed by atoms with Gasteiger partial charge in [0.15, 0.2) is 0 Å². The van der Waals surface area contributed by atoms with E-state index in [-0.39, 0.29) is 0 Å². The van der Waals surface area contributed by atoms with E-state index in [4.69, 9.17) is 0 Å². The van der Waals surface area contributed by atoms with E-state index in [1.807, 2.05) is 0 Å². The lowest BCUT2D eigenvalue weighted by Crippen LogP contribution is -2.02. The van der Waals surface area contributed by atoms with Gasteiger partial charge in [-0.15, -0.1) is 23.1 Å². The normalized spacial score (nSPS) is 10.9. The van der Waals surface area contributed by atoms with Crippen LogP contribution >= 0.6 is 23.1 Å². The summed E-state index contributed by atoms with van der Waals surface area (Å²) in [7, 11) is 0. The Kier molecular flexibility index (Phi) is 3.66. The quantitative estimate of drug-likeness (QED) is 0.668. The Morgan fingerprint density at radius 2 is 2.19 bits per heavy atom. The molecule has 16 heavy (non-hydrogen) atoms. The zero-order valence-corrected chi connectivity index (χ0v) is 11.3. The van der Waals surface area contributed by atoms with Crippen molar-refractivity contribution in [1.82, 2.24) is 9.97 Å². The van der Waals surface area contributed by atoms with Crippen molar-refractivity contribution < 1.29 is 0 Å². The topological polar surface area (TPSA) is 37.8 Å². The third-order valence-corrected chi connectivity index (χ3v) is 3.91. The van der Waals surface area contributed by atoms with Crippen LogP contribution in [0.15, 0.2) is 11.1 Å². The van der Waals surface area contributed by atoms with E-state index in [1.165, 1.54) is 10.3 Å². The predicted octanol–water partition coefficient (Wildman–Crippen LogP) is 3.54. The molecule has 0 saturated heterocycles. The van der Waals surface area contributed by atoms with E-state index in [0.717, 1.165) is 28.1 Å². The summed E-state index contributed by atoms with van der Waals surface area (Å²) in [6, 6.07) is 2.17. The molecule has 2 rings (SSSR count). The lowest BCUT2D eigenvalue weighted by atomic mass is 10.4. The average molecular weight is 253 g/mol. The first-order valence-corrected chi connectivity index (χ1v) is 7.19. The number of hydrogen-bond acceptors (Lipinski definition) is 5. The summed E-state index contributed by atoms with van der Waals surface area (Å²) in [5, 5.41) is 5.46. The standard InChI is InChI=1S/C11H15N3S2/c1-4-12-11-13-9(15-5-2)8-6-7(3)16-10(8)14-11/h6H,4-5H2,1-3H3,(H,12,13,14). The van der Waals surface area contributed by atoms with Gasteiger partial charge in [0.1, 0.15) is 9.86 Å². The van der Waals surface area contributed by atoms with E-state index in [9.17, 15) is 0 Å². The summed E-state index contributed by atoms with van der Waals surface area (Å²) >= 11 is 3.50. The molecule has 0 aliphatic heterocycles. The maximum Gasteiger partial charge on any atom is 0.225 e. The van der Waals surface area contributed by atoms with Crippen molar-refractivity contribution in [3.05, 3.63) is 10.9 Å². The Balaban J connectivity index is 2.53. The minimum absolute atomic E-state index is 0.743. The van der Waals surface area contributed by atoms with Gasteiger partial charge < -0.3 is 5.32 Å². The molecule has 0 radical (unpaired) electrons. The predicted molar refractivity (Wildman–Crippen MR) is 72.7 cm³/mol. The Morgan fingerprint density at radius 1 is 1.38 bits per heavy atom. The molecule has 0 spiro atoms. The molecular formula is C11H15N3S2. The first-order chi connectivity index (χ1) is 7.74. The van der Waals surface area contributed by atoms with Crippen molar-refractivity contribution in [3.8, 4) is 0 Å². The Hall–Kier alpha value is -0.810. The molecule has 0 aliphatic carbocycles. The molecule has 0 fully saturated rings. The third kappa shape index (κ3) is 2.30. The second kappa shape index (κ2) is 5.01. The maximum atomic E-state index is 4.54. The van der Waals surface area contributed by atoms with Crippen molar-refractivity contribution in [2.24, 2.45) is 0 Å². The fraction of sp³-hybridized carbons (Fsp3) is 0.455. The lowest BCUT2D eigenvalue weighted by Gasteiger charge is -2.04. The number of thioether (sulfide) groups is 1. The van der Waals surface area contributed by atoms with E-state index in [1.54, 1.807) is 23.1 Å². The van der Waals surface area contributed by atoms with E-state index >= 15 is 0 Å². The molecule has 2 heterocycles. The van der Waals surface area contributed by atoms with Gasteiger partial charge in [0, 0.05) is 16.8 Å². The Bertz CT molecular complexity index is 493. The minimum atomic E-state index is 0.743. The van der Waals surface area contributed by atoms with Gasteiger partial charge in [-0.3, -0.25) is 0 Å². The Labute approximate surface area is 104 Å². The molecule has 1 N–H and O–H groups in total. The van der Waals surface area contributed by atoms with Crippen LogP contribution in [0.25, 0.3) is 10.2 Å². The molecule has 86 valence electrons. The molecule has 0 aliphatic rings. The number of hydrogen-bond donors (Lipinski definition) is 1. The SMILES string of the molecule is CCNc1nc(SCC)c2cc(C)sc2n1. The molecule has 0 unspecified atom stereocenters. The van der Waals surface area contributed by atoms with Gasteiger partial charge in [0.2, 0.25) is 5.95 Å². The van der Waals surface area contributed by atoms with Crippen LogP contribution in [0.3, 0.4) is 0 Å². The zero-order chi connectivity index (χ0) is 11.5. The van der Waals surface area contributed by atoms with Crippen LogP contribution in [-0.4, -0.2) is 22.3 Å². The van der Waals surface area contributed by atoms with Gasteiger partial charge in [-0.2, -0.15) is 0 Å². The van der Waals surface area contributed by atoms with Gasteiger partial charge in [0.25, 0.3) is 0 Å². The fourth-order valence-corrected chi connectivity index (χ4v) is 3.18. The van der Waals surface area contributed by atoms with Crippen LogP contribution in [0.5, 0.6) is 0 Å². The van der Waals surface area contributed by atoms with Crippen LogP contribution in [0.2, 0.25) is 0 Å². The highest BCUT2D eigenvalue weighted by Gasteiger charge is 2.09. The number of aromatic nitrogens is 2. The first kappa shape index (κ1) is 11.7. The molecular weight excluding hydrogens is 238 g/mol. The number of fused-ring (bicyclic) bond motifs is 1. The highest BCUT2D eigenvalue weighted by molar-refractivity contribution is 7.99. The van der Waals surface area contributed by atoms with Gasteiger partial charge in [-0.25, -0.2) is 9.97 Å². The van der Waals surface area contributed by atoms with Gasteiger partial charge in [-0.1, -0.05) is 6.92 Å². The second-order valence-electron chi connectivity index (χ2n) is 3.39.